The van der Waals surface area contributed by atoms with Crippen LogP contribution in [0.4, 0.5) is 5.69 Å². The number of rotatable bonds is 7. The Morgan fingerprint density at radius 2 is 2.00 bits per heavy atom. The Labute approximate surface area is 119 Å². The SMILES string of the molecule is CCN(CCCN(C)C)C(=O)Cn1cc(N)ccc1=O. The minimum absolute atomic E-state index is 0.0413. The third kappa shape index (κ3) is 5.05. The maximum atomic E-state index is 12.2. The Bertz CT molecular complexity index is 496. The van der Waals surface area contributed by atoms with E-state index in [1.54, 1.807) is 4.90 Å². The van der Waals surface area contributed by atoms with E-state index < -0.39 is 0 Å². The second-order valence-electron chi connectivity index (χ2n) is 5.06. The molecule has 6 nitrogen and oxygen atoms in total. The summed E-state index contributed by atoms with van der Waals surface area (Å²) >= 11 is 0. The molecule has 0 atom stereocenters. The molecule has 1 heterocycles. The zero-order valence-electron chi connectivity index (χ0n) is 12.5. The van der Waals surface area contributed by atoms with Crippen molar-refractivity contribution in [3.63, 3.8) is 0 Å². The van der Waals surface area contributed by atoms with Crippen LogP contribution in [-0.2, 0) is 11.3 Å². The predicted octanol–water partition coefficient (Wildman–Crippen LogP) is 0.231. The van der Waals surface area contributed by atoms with Crippen LogP contribution < -0.4 is 11.3 Å². The van der Waals surface area contributed by atoms with E-state index in [0.29, 0.717) is 18.8 Å². The normalized spacial score (nSPS) is 10.8. The molecule has 0 fully saturated rings. The van der Waals surface area contributed by atoms with E-state index in [4.69, 9.17) is 5.73 Å². The minimum Gasteiger partial charge on any atom is -0.398 e. The van der Waals surface area contributed by atoms with Crippen molar-refractivity contribution in [2.24, 2.45) is 0 Å². The van der Waals surface area contributed by atoms with Crippen molar-refractivity contribution >= 4 is 11.6 Å². The lowest BCUT2D eigenvalue weighted by Gasteiger charge is -2.22. The Kier molecular flexibility index (Phi) is 6.24. The van der Waals surface area contributed by atoms with E-state index in [1.807, 2.05) is 21.0 Å². The van der Waals surface area contributed by atoms with Crippen molar-refractivity contribution in [2.75, 3.05) is 39.5 Å². The highest BCUT2D eigenvalue weighted by atomic mass is 16.2. The fraction of sp³-hybridized carbons (Fsp3) is 0.571. The van der Waals surface area contributed by atoms with Crippen LogP contribution in [0.25, 0.3) is 0 Å². The Hall–Kier alpha value is -1.82. The fourth-order valence-electron chi connectivity index (χ4n) is 1.96. The number of hydrogen-bond acceptors (Lipinski definition) is 4. The number of nitrogens with zero attached hydrogens (tertiary/aromatic N) is 3. The van der Waals surface area contributed by atoms with E-state index in [-0.39, 0.29) is 18.0 Å². The molecule has 1 aromatic rings. The minimum atomic E-state index is -0.211. The number of nitrogens with two attached hydrogens (primary N) is 1. The number of pyridine rings is 1. The van der Waals surface area contributed by atoms with Crippen molar-refractivity contribution in [1.29, 1.82) is 0 Å². The number of nitrogen functional groups attached to an aromatic ring is 1. The van der Waals surface area contributed by atoms with E-state index >= 15 is 0 Å². The molecular formula is C14H24N4O2. The molecule has 112 valence electrons. The van der Waals surface area contributed by atoms with Crippen LogP contribution >= 0.6 is 0 Å². The summed E-state index contributed by atoms with van der Waals surface area (Å²) in [4.78, 5) is 27.7. The first kappa shape index (κ1) is 16.2. The molecule has 6 heteroatoms. The molecule has 1 aromatic heterocycles. The quantitative estimate of drug-likeness (QED) is 0.776. The van der Waals surface area contributed by atoms with Gasteiger partial charge in [-0.15, -0.1) is 0 Å². The molecule has 0 aliphatic heterocycles. The number of anilines is 1. The van der Waals surface area contributed by atoms with Gasteiger partial charge in [0.15, 0.2) is 0 Å². The van der Waals surface area contributed by atoms with Gasteiger partial charge in [-0.25, -0.2) is 0 Å². The molecule has 0 saturated heterocycles. The Morgan fingerprint density at radius 1 is 1.30 bits per heavy atom. The zero-order valence-corrected chi connectivity index (χ0v) is 12.5. The van der Waals surface area contributed by atoms with Crippen molar-refractivity contribution in [1.82, 2.24) is 14.4 Å². The van der Waals surface area contributed by atoms with E-state index in [2.05, 4.69) is 4.90 Å². The number of likely N-dealkylation sites (N-methyl/N-ethyl adjacent to an activating group) is 1. The van der Waals surface area contributed by atoms with Gasteiger partial charge in [-0.2, -0.15) is 0 Å². The first-order valence-corrected chi connectivity index (χ1v) is 6.82. The van der Waals surface area contributed by atoms with E-state index in [0.717, 1.165) is 13.0 Å². The van der Waals surface area contributed by atoms with Gasteiger partial charge in [-0.1, -0.05) is 0 Å². The largest absolute Gasteiger partial charge is 0.398 e. The fourth-order valence-corrected chi connectivity index (χ4v) is 1.96. The second-order valence-corrected chi connectivity index (χ2v) is 5.06. The molecule has 1 rings (SSSR count). The molecule has 0 spiro atoms. The maximum absolute atomic E-state index is 12.2. The average molecular weight is 280 g/mol. The van der Waals surface area contributed by atoms with E-state index in [1.165, 1.54) is 22.9 Å². The highest BCUT2D eigenvalue weighted by Gasteiger charge is 2.12. The van der Waals surface area contributed by atoms with Crippen LogP contribution in [0.1, 0.15) is 13.3 Å². The van der Waals surface area contributed by atoms with Gasteiger partial charge < -0.3 is 20.1 Å². The monoisotopic (exact) mass is 280 g/mol. The van der Waals surface area contributed by atoms with Crippen LogP contribution in [0.2, 0.25) is 0 Å². The molecule has 0 aliphatic carbocycles. The predicted molar refractivity (Wildman–Crippen MR) is 80.5 cm³/mol. The summed E-state index contributed by atoms with van der Waals surface area (Å²) in [6.45, 7) is 4.26. The molecule has 2 N–H and O–H groups in total. The second kappa shape index (κ2) is 7.69. The van der Waals surface area contributed by atoms with Crippen molar-refractivity contribution in [3.8, 4) is 0 Å². The molecule has 0 radical (unpaired) electrons. The van der Waals surface area contributed by atoms with Crippen LogP contribution in [0, 0.1) is 0 Å². The zero-order chi connectivity index (χ0) is 15.1. The summed E-state index contributed by atoms with van der Waals surface area (Å²) in [5.74, 6) is -0.0565. The molecule has 1 amide bonds. The topological polar surface area (TPSA) is 71.6 Å². The Balaban J connectivity index is 2.63. The summed E-state index contributed by atoms with van der Waals surface area (Å²) in [6, 6.07) is 2.92. The lowest BCUT2D eigenvalue weighted by molar-refractivity contribution is -0.131. The average Bonchev–Trinajstić information content (AvgIpc) is 2.38. The molecule has 0 bridgehead atoms. The van der Waals surface area contributed by atoms with Gasteiger partial charge in [0, 0.05) is 31.0 Å². The van der Waals surface area contributed by atoms with Crippen molar-refractivity contribution < 1.29 is 4.79 Å². The lowest BCUT2D eigenvalue weighted by Crippen LogP contribution is -2.37. The number of amides is 1. The summed E-state index contributed by atoms with van der Waals surface area (Å²) in [5, 5.41) is 0. The smallest absolute Gasteiger partial charge is 0.251 e. The van der Waals surface area contributed by atoms with Crippen LogP contribution in [0.3, 0.4) is 0 Å². The van der Waals surface area contributed by atoms with Crippen molar-refractivity contribution in [2.45, 2.75) is 19.9 Å². The third-order valence-corrected chi connectivity index (χ3v) is 3.08. The number of aromatic nitrogens is 1. The summed E-state index contributed by atoms with van der Waals surface area (Å²) < 4.78 is 1.35. The highest BCUT2D eigenvalue weighted by Crippen LogP contribution is 1.99. The molecule has 20 heavy (non-hydrogen) atoms. The first-order valence-electron chi connectivity index (χ1n) is 6.82. The van der Waals surface area contributed by atoms with Gasteiger partial charge in [0.1, 0.15) is 6.54 Å². The molecular weight excluding hydrogens is 256 g/mol. The molecule has 0 aromatic carbocycles. The van der Waals surface area contributed by atoms with Gasteiger partial charge in [0.2, 0.25) is 5.91 Å². The first-order chi connectivity index (χ1) is 9.43. The van der Waals surface area contributed by atoms with Crippen LogP contribution in [-0.4, -0.2) is 54.0 Å². The van der Waals surface area contributed by atoms with E-state index in [9.17, 15) is 9.59 Å². The number of carbonyl (C=O) groups is 1. The van der Waals surface area contributed by atoms with Gasteiger partial charge in [0.05, 0.1) is 0 Å². The van der Waals surface area contributed by atoms with Gasteiger partial charge in [-0.3, -0.25) is 9.59 Å². The summed E-state index contributed by atoms with van der Waals surface area (Å²) in [7, 11) is 4.01. The van der Waals surface area contributed by atoms with Crippen LogP contribution in [0.15, 0.2) is 23.1 Å². The lowest BCUT2D eigenvalue weighted by atomic mass is 10.3. The third-order valence-electron chi connectivity index (χ3n) is 3.08. The summed E-state index contributed by atoms with van der Waals surface area (Å²) in [5.41, 5.74) is 5.90. The maximum Gasteiger partial charge on any atom is 0.251 e. The van der Waals surface area contributed by atoms with Crippen molar-refractivity contribution in [3.05, 3.63) is 28.7 Å². The molecule has 0 aliphatic rings. The Morgan fingerprint density at radius 3 is 2.60 bits per heavy atom. The molecule has 0 unspecified atom stereocenters. The standard InChI is InChI=1S/C14H24N4O2/c1-4-17(9-5-8-16(2)3)14(20)11-18-10-12(15)6-7-13(18)19/h6-7,10H,4-5,8-9,11,15H2,1-3H3. The number of carbonyl (C=O) groups excluding carboxylic acids is 1. The highest BCUT2D eigenvalue weighted by molar-refractivity contribution is 5.76. The van der Waals surface area contributed by atoms with Gasteiger partial charge >= 0.3 is 0 Å². The van der Waals surface area contributed by atoms with Crippen LogP contribution in [0.5, 0.6) is 0 Å². The number of hydrogen-bond donors (Lipinski definition) is 1. The van der Waals surface area contributed by atoms with Gasteiger partial charge in [0.25, 0.3) is 5.56 Å². The summed E-state index contributed by atoms with van der Waals surface area (Å²) in [6.07, 6.45) is 2.42. The molecule has 0 saturated carbocycles. The van der Waals surface area contributed by atoms with Gasteiger partial charge in [-0.05, 0) is 40.1 Å².